The number of H-pyrrole nitrogens is 1. The van der Waals surface area contributed by atoms with Crippen molar-refractivity contribution < 1.29 is 13.2 Å². The Morgan fingerprint density at radius 1 is 1.14 bits per heavy atom. The van der Waals surface area contributed by atoms with Crippen molar-refractivity contribution in [3.63, 3.8) is 0 Å². The van der Waals surface area contributed by atoms with Crippen LogP contribution in [-0.2, 0) is 0 Å². The van der Waals surface area contributed by atoms with Gasteiger partial charge in [0.25, 0.3) is 0 Å². The molecule has 3 nitrogen and oxygen atoms in total. The van der Waals surface area contributed by atoms with Crippen molar-refractivity contribution in [3.05, 3.63) is 36.0 Å². The second-order valence-electron chi connectivity index (χ2n) is 5.41. The second-order valence-corrected chi connectivity index (χ2v) is 5.41. The molecule has 2 aromatic rings. The fourth-order valence-electron chi connectivity index (χ4n) is 3.02. The molecule has 0 spiro atoms. The molecule has 114 valence electrons. The van der Waals surface area contributed by atoms with Crippen molar-refractivity contribution in [2.75, 3.05) is 26.2 Å². The number of alkyl halides is 3. The van der Waals surface area contributed by atoms with Gasteiger partial charge in [0.05, 0.1) is 6.42 Å². The van der Waals surface area contributed by atoms with E-state index in [4.69, 9.17) is 0 Å². The van der Waals surface area contributed by atoms with Gasteiger partial charge in [0, 0.05) is 49.3 Å². The van der Waals surface area contributed by atoms with E-state index < -0.39 is 18.6 Å². The van der Waals surface area contributed by atoms with Gasteiger partial charge in [-0.25, -0.2) is 0 Å². The van der Waals surface area contributed by atoms with E-state index >= 15 is 0 Å². The van der Waals surface area contributed by atoms with Crippen LogP contribution in [0.5, 0.6) is 0 Å². The van der Waals surface area contributed by atoms with Gasteiger partial charge in [-0.2, -0.15) is 13.2 Å². The summed E-state index contributed by atoms with van der Waals surface area (Å²) >= 11 is 0. The Morgan fingerprint density at radius 3 is 2.57 bits per heavy atom. The van der Waals surface area contributed by atoms with E-state index in [0.717, 1.165) is 29.6 Å². The number of hydrogen-bond acceptors (Lipinski definition) is 2. The molecule has 0 saturated carbocycles. The first-order valence-electron chi connectivity index (χ1n) is 7.12. The van der Waals surface area contributed by atoms with Crippen LogP contribution in [0.15, 0.2) is 30.5 Å². The molecule has 3 rings (SSSR count). The zero-order chi connectivity index (χ0) is 14.9. The van der Waals surface area contributed by atoms with E-state index in [2.05, 4.69) is 10.3 Å². The molecular weight excluding hydrogens is 279 g/mol. The number of aromatic nitrogens is 1. The van der Waals surface area contributed by atoms with Gasteiger partial charge < -0.3 is 10.3 Å². The summed E-state index contributed by atoms with van der Waals surface area (Å²) in [7, 11) is 0. The predicted molar refractivity (Wildman–Crippen MR) is 76.2 cm³/mol. The molecule has 1 aromatic heterocycles. The number of piperazine rings is 1. The summed E-state index contributed by atoms with van der Waals surface area (Å²) in [5.41, 5.74) is 1.62. The molecule has 1 atom stereocenters. The number of rotatable bonds is 3. The molecule has 1 saturated heterocycles. The number of hydrogen-bond donors (Lipinski definition) is 2. The van der Waals surface area contributed by atoms with Gasteiger partial charge in [-0.3, -0.25) is 4.90 Å². The summed E-state index contributed by atoms with van der Waals surface area (Å²) in [5.74, 6) is 0. The van der Waals surface area contributed by atoms with Gasteiger partial charge in [0.2, 0.25) is 0 Å². The number of benzene rings is 1. The molecule has 1 aliphatic rings. The standard InChI is InChI=1S/C15H18F3N3/c16-15(17,18)9-14(21-7-5-19-6-8-21)12-10-20-13-4-2-1-3-11(12)13/h1-4,10,14,19-20H,5-9H2/t14-/m1/s1. The van der Waals surface area contributed by atoms with Gasteiger partial charge in [-0.05, 0) is 11.6 Å². The van der Waals surface area contributed by atoms with Crippen LogP contribution in [0.1, 0.15) is 18.0 Å². The average Bonchev–Trinajstić information content (AvgIpc) is 2.89. The summed E-state index contributed by atoms with van der Waals surface area (Å²) in [4.78, 5) is 5.01. The zero-order valence-corrected chi connectivity index (χ0v) is 11.6. The number of para-hydroxylation sites is 1. The molecule has 0 aliphatic carbocycles. The van der Waals surface area contributed by atoms with E-state index in [1.807, 2.05) is 29.2 Å². The highest BCUT2D eigenvalue weighted by Crippen LogP contribution is 2.37. The van der Waals surface area contributed by atoms with Crippen molar-refractivity contribution in [2.24, 2.45) is 0 Å². The molecule has 21 heavy (non-hydrogen) atoms. The number of aromatic amines is 1. The number of nitrogens with one attached hydrogen (secondary N) is 2. The summed E-state index contributed by atoms with van der Waals surface area (Å²) < 4.78 is 39.0. The third kappa shape index (κ3) is 3.22. The highest BCUT2D eigenvalue weighted by molar-refractivity contribution is 5.83. The number of fused-ring (bicyclic) bond motifs is 1. The molecule has 2 heterocycles. The van der Waals surface area contributed by atoms with E-state index in [9.17, 15) is 13.2 Å². The molecule has 0 unspecified atom stereocenters. The minimum atomic E-state index is -4.17. The summed E-state index contributed by atoms with van der Waals surface area (Å²) in [6.45, 7) is 2.74. The van der Waals surface area contributed by atoms with Gasteiger partial charge >= 0.3 is 6.18 Å². The Labute approximate surface area is 121 Å². The zero-order valence-electron chi connectivity index (χ0n) is 11.6. The first kappa shape index (κ1) is 14.4. The van der Waals surface area contributed by atoms with E-state index in [1.165, 1.54) is 0 Å². The van der Waals surface area contributed by atoms with E-state index in [0.29, 0.717) is 13.1 Å². The minimum Gasteiger partial charge on any atom is -0.361 e. The Kier molecular flexibility index (Phi) is 3.91. The summed E-state index contributed by atoms with van der Waals surface area (Å²) in [5, 5.41) is 4.06. The Morgan fingerprint density at radius 2 is 1.86 bits per heavy atom. The largest absolute Gasteiger partial charge is 0.390 e. The maximum atomic E-state index is 13.0. The Balaban J connectivity index is 1.97. The van der Waals surface area contributed by atoms with Crippen LogP contribution >= 0.6 is 0 Å². The molecule has 1 fully saturated rings. The molecule has 1 aromatic carbocycles. The molecule has 1 aliphatic heterocycles. The van der Waals surface area contributed by atoms with Crippen molar-refractivity contribution in [2.45, 2.75) is 18.6 Å². The van der Waals surface area contributed by atoms with Crippen LogP contribution in [0, 0.1) is 0 Å². The van der Waals surface area contributed by atoms with Crippen molar-refractivity contribution in [1.82, 2.24) is 15.2 Å². The molecule has 0 amide bonds. The molecular formula is C15H18F3N3. The molecule has 6 heteroatoms. The fourth-order valence-corrected chi connectivity index (χ4v) is 3.02. The molecule has 0 radical (unpaired) electrons. The van der Waals surface area contributed by atoms with Gasteiger partial charge in [-0.15, -0.1) is 0 Å². The maximum Gasteiger partial charge on any atom is 0.390 e. The van der Waals surface area contributed by atoms with Crippen LogP contribution in [0.3, 0.4) is 0 Å². The summed E-state index contributed by atoms with van der Waals surface area (Å²) in [6.07, 6.45) is -3.26. The second kappa shape index (κ2) is 5.69. The summed E-state index contributed by atoms with van der Waals surface area (Å²) in [6, 6.07) is 6.89. The maximum absolute atomic E-state index is 13.0. The Hall–Kier alpha value is -1.53. The van der Waals surface area contributed by atoms with Crippen LogP contribution in [-0.4, -0.2) is 42.2 Å². The normalized spacial score (nSPS) is 19.0. The monoisotopic (exact) mass is 297 g/mol. The predicted octanol–water partition coefficient (Wildman–Crippen LogP) is 3.07. The Bertz CT molecular complexity index is 599. The lowest BCUT2D eigenvalue weighted by atomic mass is 10.00. The smallest absolute Gasteiger partial charge is 0.361 e. The van der Waals surface area contributed by atoms with Gasteiger partial charge in [-0.1, -0.05) is 18.2 Å². The number of halogens is 3. The quantitative estimate of drug-likeness (QED) is 0.912. The van der Waals surface area contributed by atoms with Crippen molar-refractivity contribution >= 4 is 10.9 Å². The average molecular weight is 297 g/mol. The highest BCUT2D eigenvalue weighted by atomic mass is 19.4. The van der Waals surface area contributed by atoms with Crippen LogP contribution < -0.4 is 5.32 Å². The lowest BCUT2D eigenvalue weighted by Gasteiger charge is -2.35. The minimum absolute atomic E-state index is 0.622. The highest BCUT2D eigenvalue weighted by Gasteiger charge is 2.36. The van der Waals surface area contributed by atoms with Crippen LogP contribution in [0.25, 0.3) is 10.9 Å². The third-order valence-electron chi connectivity index (χ3n) is 4.00. The number of nitrogens with zero attached hydrogens (tertiary/aromatic N) is 1. The third-order valence-corrected chi connectivity index (χ3v) is 4.00. The fraction of sp³-hybridized carbons (Fsp3) is 0.467. The van der Waals surface area contributed by atoms with Gasteiger partial charge in [0.1, 0.15) is 0 Å². The molecule has 0 bridgehead atoms. The topological polar surface area (TPSA) is 31.1 Å². The lowest BCUT2D eigenvalue weighted by molar-refractivity contribution is -0.148. The molecule has 2 N–H and O–H groups in total. The van der Waals surface area contributed by atoms with E-state index in [-0.39, 0.29) is 0 Å². The van der Waals surface area contributed by atoms with Crippen molar-refractivity contribution in [1.29, 1.82) is 0 Å². The first-order chi connectivity index (χ1) is 10.0. The van der Waals surface area contributed by atoms with Crippen LogP contribution in [0.4, 0.5) is 13.2 Å². The first-order valence-corrected chi connectivity index (χ1v) is 7.12. The van der Waals surface area contributed by atoms with E-state index in [1.54, 1.807) is 6.20 Å². The van der Waals surface area contributed by atoms with Crippen LogP contribution in [0.2, 0.25) is 0 Å². The SMILES string of the molecule is FC(F)(F)C[C@H](c1c[nH]c2ccccc12)N1CCNCC1. The lowest BCUT2D eigenvalue weighted by Crippen LogP contribution is -2.46. The van der Waals surface area contributed by atoms with Gasteiger partial charge in [0.15, 0.2) is 0 Å². The van der Waals surface area contributed by atoms with Crippen molar-refractivity contribution in [3.8, 4) is 0 Å².